The van der Waals surface area contributed by atoms with Crippen LogP contribution in [0.2, 0.25) is 0 Å². The lowest BCUT2D eigenvalue weighted by Crippen LogP contribution is -2.48. The van der Waals surface area contributed by atoms with E-state index in [0.29, 0.717) is 0 Å². The molecular weight excluding hydrogens is 327 g/mol. The second kappa shape index (κ2) is 5.61. The van der Waals surface area contributed by atoms with E-state index in [0.717, 1.165) is 16.6 Å². The highest BCUT2D eigenvalue weighted by Crippen LogP contribution is 2.34. The first kappa shape index (κ1) is 16.9. The number of rotatable bonds is 2. The number of amides is 1. The number of amidine groups is 1. The van der Waals surface area contributed by atoms with Crippen LogP contribution in [0.4, 0.5) is 14.9 Å². The molecular formula is C13H15FN4O4S. The van der Waals surface area contributed by atoms with Gasteiger partial charge in [0.25, 0.3) is 0 Å². The number of sulfonamides is 1. The highest BCUT2D eigenvalue weighted by Gasteiger charge is 2.41. The number of halogens is 1. The van der Waals surface area contributed by atoms with Crippen molar-refractivity contribution in [2.45, 2.75) is 12.5 Å². The largest absolute Gasteiger partial charge is 0.463 e. The third-order valence-corrected chi connectivity index (χ3v) is 5.37. The van der Waals surface area contributed by atoms with Gasteiger partial charge in [-0.25, -0.2) is 17.6 Å². The average Bonchev–Trinajstić information content (AvgIpc) is 2.43. The lowest BCUT2D eigenvalue weighted by Gasteiger charge is -2.35. The molecule has 10 heteroatoms. The van der Waals surface area contributed by atoms with Crippen molar-refractivity contribution >= 4 is 33.9 Å². The Kier molecular flexibility index (Phi) is 4.12. The summed E-state index contributed by atoms with van der Waals surface area (Å²) in [5.74, 6) is -1.34. The van der Waals surface area contributed by atoms with Gasteiger partial charge in [-0.3, -0.25) is 9.30 Å². The maximum atomic E-state index is 14.1. The van der Waals surface area contributed by atoms with Crippen LogP contribution in [0, 0.1) is 5.82 Å². The van der Waals surface area contributed by atoms with Gasteiger partial charge >= 0.3 is 6.09 Å². The van der Waals surface area contributed by atoms with Gasteiger partial charge in [-0.05, 0) is 25.1 Å². The minimum Gasteiger partial charge on any atom is -0.463 e. The molecule has 1 amide bonds. The van der Waals surface area contributed by atoms with E-state index in [1.807, 2.05) is 0 Å². The van der Waals surface area contributed by atoms with Crippen LogP contribution in [-0.4, -0.2) is 48.8 Å². The van der Waals surface area contributed by atoms with Crippen LogP contribution in [-0.2, 0) is 15.6 Å². The molecule has 1 aromatic rings. The van der Waals surface area contributed by atoms with Gasteiger partial charge in [0.1, 0.15) is 11.4 Å². The van der Waals surface area contributed by atoms with E-state index in [1.54, 1.807) is 0 Å². The molecule has 1 aliphatic heterocycles. The highest BCUT2D eigenvalue weighted by atomic mass is 32.2. The van der Waals surface area contributed by atoms with Crippen molar-refractivity contribution in [3.63, 3.8) is 0 Å². The molecule has 1 unspecified atom stereocenters. The molecule has 0 saturated carbocycles. The Labute approximate surface area is 132 Å². The molecule has 1 heterocycles. The molecule has 124 valence electrons. The topological polar surface area (TPSA) is 125 Å². The van der Waals surface area contributed by atoms with Gasteiger partial charge in [0.2, 0.25) is 10.0 Å². The number of nitrogens with zero attached hydrogens (tertiary/aromatic N) is 3. The summed E-state index contributed by atoms with van der Waals surface area (Å²) in [5.41, 5.74) is 4.46. The number of carbonyl (C=O) groups is 1. The molecule has 0 aromatic heterocycles. The number of anilines is 1. The predicted molar refractivity (Wildman–Crippen MR) is 83.7 cm³/mol. The minimum absolute atomic E-state index is 0.00963. The van der Waals surface area contributed by atoms with Crippen LogP contribution < -0.4 is 5.73 Å². The van der Waals surface area contributed by atoms with Gasteiger partial charge in [0.05, 0.1) is 12.0 Å². The van der Waals surface area contributed by atoms with Gasteiger partial charge in [-0.15, -0.1) is 0 Å². The summed E-state index contributed by atoms with van der Waals surface area (Å²) in [6, 6.07) is 3.79. The standard InChI is InChI=1S/C13H15FN4O4S/c1-13(9-5-8(15)3-4-10(9)14)7-23(21,22)18(2)11(17-13)6-16-12(19)20/h3-6H,7,15H2,1-2H3,(H,19,20). The molecule has 1 aliphatic rings. The summed E-state index contributed by atoms with van der Waals surface area (Å²) in [5, 5.41) is 8.59. The van der Waals surface area contributed by atoms with E-state index in [1.165, 1.54) is 26.1 Å². The predicted octanol–water partition coefficient (Wildman–Crippen LogP) is 1.05. The zero-order valence-corrected chi connectivity index (χ0v) is 13.2. The van der Waals surface area contributed by atoms with Crippen molar-refractivity contribution in [2.24, 2.45) is 9.98 Å². The van der Waals surface area contributed by atoms with Gasteiger partial charge in [-0.2, -0.15) is 4.99 Å². The molecule has 0 bridgehead atoms. The maximum Gasteiger partial charge on any atom is 0.431 e. The maximum absolute atomic E-state index is 14.1. The minimum atomic E-state index is -3.83. The summed E-state index contributed by atoms with van der Waals surface area (Å²) in [7, 11) is -2.61. The molecule has 23 heavy (non-hydrogen) atoms. The molecule has 0 spiro atoms. The molecule has 0 radical (unpaired) electrons. The summed E-state index contributed by atoms with van der Waals surface area (Å²) in [6.07, 6.45) is -0.692. The first-order valence-corrected chi connectivity index (χ1v) is 8.05. The first-order chi connectivity index (χ1) is 10.5. The Morgan fingerprint density at radius 3 is 2.83 bits per heavy atom. The second-order valence-electron chi connectivity index (χ2n) is 5.25. The number of nitrogen functional groups attached to an aromatic ring is 1. The monoisotopic (exact) mass is 342 g/mol. The first-order valence-electron chi connectivity index (χ1n) is 6.44. The van der Waals surface area contributed by atoms with Crippen molar-refractivity contribution in [3.05, 3.63) is 29.6 Å². The average molecular weight is 342 g/mol. The SMILES string of the molecule is CN1C(C=NC(=O)O)=NC(C)(c2cc(N)ccc2F)CS1(=O)=O. The molecule has 0 fully saturated rings. The van der Waals surface area contributed by atoms with Gasteiger partial charge in [0, 0.05) is 18.3 Å². The van der Waals surface area contributed by atoms with E-state index in [2.05, 4.69) is 9.98 Å². The van der Waals surface area contributed by atoms with E-state index in [9.17, 15) is 17.6 Å². The second-order valence-corrected chi connectivity index (χ2v) is 7.25. The molecule has 0 aliphatic carbocycles. The van der Waals surface area contributed by atoms with Crippen LogP contribution in [0.5, 0.6) is 0 Å². The summed E-state index contributed by atoms with van der Waals surface area (Å²) >= 11 is 0. The zero-order valence-electron chi connectivity index (χ0n) is 12.4. The fourth-order valence-corrected chi connectivity index (χ4v) is 3.76. The van der Waals surface area contributed by atoms with Gasteiger partial charge in [-0.1, -0.05) is 0 Å². The Morgan fingerprint density at radius 2 is 2.22 bits per heavy atom. The summed E-state index contributed by atoms with van der Waals surface area (Å²) in [4.78, 5) is 17.8. The smallest absolute Gasteiger partial charge is 0.431 e. The number of aliphatic imine (C=N–C) groups is 2. The fraction of sp³-hybridized carbons (Fsp3) is 0.308. The zero-order chi connectivity index (χ0) is 17.4. The van der Waals surface area contributed by atoms with Crippen molar-refractivity contribution in [3.8, 4) is 0 Å². The Balaban J connectivity index is 2.64. The normalized spacial score (nSPS) is 23.8. The highest BCUT2D eigenvalue weighted by molar-refractivity contribution is 7.89. The van der Waals surface area contributed by atoms with Crippen LogP contribution in [0.3, 0.4) is 0 Å². The van der Waals surface area contributed by atoms with Crippen molar-refractivity contribution in [1.29, 1.82) is 0 Å². The summed E-state index contributed by atoms with van der Waals surface area (Å²) in [6.45, 7) is 1.43. The molecule has 1 aromatic carbocycles. The van der Waals surface area contributed by atoms with Crippen molar-refractivity contribution in [2.75, 3.05) is 18.5 Å². The number of carboxylic acid groups (broad SMARTS) is 1. The van der Waals surface area contributed by atoms with Crippen molar-refractivity contribution in [1.82, 2.24) is 4.31 Å². The third-order valence-electron chi connectivity index (χ3n) is 3.43. The van der Waals surface area contributed by atoms with Crippen LogP contribution in [0.15, 0.2) is 28.2 Å². The Hall–Kier alpha value is -2.49. The van der Waals surface area contributed by atoms with Crippen LogP contribution >= 0.6 is 0 Å². The fourth-order valence-electron chi connectivity index (χ4n) is 2.27. The van der Waals surface area contributed by atoms with E-state index < -0.39 is 33.2 Å². The molecule has 0 saturated heterocycles. The Bertz CT molecular complexity index is 821. The van der Waals surface area contributed by atoms with Crippen LogP contribution in [0.25, 0.3) is 0 Å². The number of hydrogen-bond donors (Lipinski definition) is 2. The summed E-state index contributed by atoms with van der Waals surface area (Å²) < 4.78 is 39.5. The van der Waals surface area contributed by atoms with Gasteiger partial charge in [0.15, 0.2) is 5.84 Å². The quantitative estimate of drug-likeness (QED) is 0.613. The third kappa shape index (κ3) is 3.31. The van der Waals surface area contributed by atoms with Crippen molar-refractivity contribution < 1.29 is 22.7 Å². The lowest BCUT2D eigenvalue weighted by atomic mass is 9.93. The number of nitrogens with two attached hydrogens (primary N) is 1. The lowest BCUT2D eigenvalue weighted by molar-refractivity contribution is 0.206. The molecule has 8 nitrogen and oxygen atoms in total. The van der Waals surface area contributed by atoms with Crippen LogP contribution in [0.1, 0.15) is 12.5 Å². The number of benzene rings is 1. The van der Waals surface area contributed by atoms with E-state index in [-0.39, 0.29) is 17.1 Å². The molecule has 2 rings (SSSR count). The number of hydrogen-bond acceptors (Lipinski definition) is 5. The van der Waals surface area contributed by atoms with E-state index >= 15 is 0 Å². The van der Waals surface area contributed by atoms with Gasteiger partial charge < -0.3 is 10.8 Å². The van der Waals surface area contributed by atoms with E-state index in [4.69, 9.17) is 10.8 Å². The Morgan fingerprint density at radius 1 is 1.57 bits per heavy atom. The molecule has 1 atom stereocenters. The molecule has 3 N–H and O–H groups in total.